The standard InChI is InChI=1S/C14H19BrO/c15-13-8-4-5-9-14(13)16-11-10-12-6-2-1-3-7-12/h1-3,6-7,13-14H,4-5,8-11H2. The van der Waals surface area contributed by atoms with E-state index in [2.05, 4.69) is 46.3 Å². The van der Waals surface area contributed by atoms with Crippen LogP contribution in [0.2, 0.25) is 0 Å². The molecule has 0 aliphatic heterocycles. The summed E-state index contributed by atoms with van der Waals surface area (Å²) in [6, 6.07) is 10.6. The highest BCUT2D eigenvalue weighted by molar-refractivity contribution is 9.09. The van der Waals surface area contributed by atoms with Gasteiger partial charge in [0.05, 0.1) is 12.7 Å². The SMILES string of the molecule is BrC1CCCCC1OCCc1ccccc1. The summed E-state index contributed by atoms with van der Waals surface area (Å²) in [7, 11) is 0. The van der Waals surface area contributed by atoms with Crippen LogP contribution in [-0.4, -0.2) is 17.5 Å². The molecule has 0 heterocycles. The largest absolute Gasteiger partial charge is 0.377 e. The summed E-state index contributed by atoms with van der Waals surface area (Å²) in [4.78, 5) is 0.567. The lowest BCUT2D eigenvalue weighted by Crippen LogP contribution is -2.28. The molecule has 2 atom stereocenters. The fourth-order valence-corrected chi connectivity index (χ4v) is 2.95. The molecule has 1 aliphatic rings. The lowest BCUT2D eigenvalue weighted by Gasteiger charge is -2.27. The van der Waals surface area contributed by atoms with Gasteiger partial charge in [0.25, 0.3) is 0 Å². The molecular formula is C14H19BrO. The average Bonchev–Trinajstić information content (AvgIpc) is 2.33. The maximum atomic E-state index is 5.95. The second kappa shape index (κ2) is 6.41. The Hall–Kier alpha value is -0.340. The summed E-state index contributed by atoms with van der Waals surface area (Å²) in [5, 5.41) is 0. The zero-order valence-corrected chi connectivity index (χ0v) is 11.2. The van der Waals surface area contributed by atoms with E-state index in [-0.39, 0.29) is 0 Å². The number of hydrogen-bond donors (Lipinski definition) is 0. The molecule has 0 bridgehead atoms. The smallest absolute Gasteiger partial charge is 0.0700 e. The van der Waals surface area contributed by atoms with E-state index in [1.807, 2.05) is 0 Å². The predicted molar refractivity (Wildman–Crippen MR) is 71.1 cm³/mol. The molecule has 2 unspecified atom stereocenters. The van der Waals surface area contributed by atoms with Gasteiger partial charge in [-0.1, -0.05) is 59.1 Å². The first-order chi connectivity index (χ1) is 7.86. The summed E-state index contributed by atoms with van der Waals surface area (Å²) in [5.74, 6) is 0. The summed E-state index contributed by atoms with van der Waals surface area (Å²) in [6.07, 6.45) is 6.59. The van der Waals surface area contributed by atoms with Gasteiger partial charge >= 0.3 is 0 Å². The van der Waals surface area contributed by atoms with Crippen LogP contribution in [0.5, 0.6) is 0 Å². The van der Waals surface area contributed by atoms with Crippen molar-refractivity contribution in [3.8, 4) is 0 Å². The second-order valence-electron chi connectivity index (χ2n) is 4.45. The van der Waals surface area contributed by atoms with Crippen LogP contribution in [-0.2, 0) is 11.2 Å². The zero-order chi connectivity index (χ0) is 11.2. The Bertz CT molecular complexity index is 299. The summed E-state index contributed by atoms with van der Waals surface area (Å²) >= 11 is 3.72. The summed E-state index contributed by atoms with van der Waals surface area (Å²) < 4.78 is 5.95. The molecule has 2 heteroatoms. The molecule has 1 fully saturated rings. The summed E-state index contributed by atoms with van der Waals surface area (Å²) in [6.45, 7) is 0.844. The third kappa shape index (κ3) is 3.60. The Morgan fingerprint density at radius 3 is 2.62 bits per heavy atom. The Morgan fingerprint density at radius 2 is 1.88 bits per heavy atom. The fraction of sp³-hybridized carbons (Fsp3) is 0.571. The number of halogens is 1. The molecule has 0 N–H and O–H groups in total. The molecule has 0 radical (unpaired) electrons. The Balaban J connectivity index is 1.71. The van der Waals surface area contributed by atoms with Crippen LogP contribution >= 0.6 is 15.9 Å². The van der Waals surface area contributed by atoms with Gasteiger partial charge in [-0.25, -0.2) is 0 Å². The second-order valence-corrected chi connectivity index (χ2v) is 5.62. The van der Waals surface area contributed by atoms with Crippen LogP contribution in [0.4, 0.5) is 0 Å². The molecule has 1 aromatic carbocycles. The topological polar surface area (TPSA) is 9.23 Å². The van der Waals surface area contributed by atoms with E-state index in [1.165, 1.54) is 31.2 Å². The highest BCUT2D eigenvalue weighted by Crippen LogP contribution is 2.26. The van der Waals surface area contributed by atoms with Crippen molar-refractivity contribution in [3.63, 3.8) is 0 Å². The minimum absolute atomic E-state index is 0.428. The van der Waals surface area contributed by atoms with E-state index < -0.39 is 0 Å². The molecule has 1 aliphatic carbocycles. The molecule has 0 spiro atoms. The van der Waals surface area contributed by atoms with Gasteiger partial charge in [-0.3, -0.25) is 0 Å². The first-order valence-electron chi connectivity index (χ1n) is 6.16. The normalized spacial score (nSPS) is 25.6. The van der Waals surface area contributed by atoms with Crippen LogP contribution in [0, 0.1) is 0 Å². The van der Waals surface area contributed by atoms with Crippen LogP contribution in [0.1, 0.15) is 31.2 Å². The lowest BCUT2D eigenvalue weighted by molar-refractivity contribution is 0.0363. The van der Waals surface area contributed by atoms with Gasteiger partial charge in [0.15, 0.2) is 0 Å². The van der Waals surface area contributed by atoms with Crippen molar-refractivity contribution >= 4 is 15.9 Å². The maximum absolute atomic E-state index is 5.95. The Labute approximate surface area is 106 Å². The molecule has 1 nitrogen and oxygen atoms in total. The van der Waals surface area contributed by atoms with Crippen LogP contribution < -0.4 is 0 Å². The van der Waals surface area contributed by atoms with Gasteiger partial charge in [-0.15, -0.1) is 0 Å². The minimum Gasteiger partial charge on any atom is -0.377 e. The van der Waals surface area contributed by atoms with Crippen molar-refractivity contribution in [2.24, 2.45) is 0 Å². The Kier molecular flexibility index (Phi) is 4.86. The molecule has 0 saturated heterocycles. The number of rotatable bonds is 4. The molecule has 16 heavy (non-hydrogen) atoms. The van der Waals surface area contributed by atoms with E-state index in [9.17, 15) is 0 Å². The monoisotopic (exact) mass is 282 g/mol. The van der Waals surface area contributed by atoms with Crippen molar-refractivity contribution in [3.05, 3.63) is 35.9 Å². The van der Waals surface area contributed by atoms with Crippen molar-refractivity contribution in [1.29, 1.82) is 0 Å². The van der Waals surface area contributed by atoms with E-state index >= 15 is 0 Å². The molecule has 88 valence electrons. The van der Waals surface area contributed by atoms with Crippen molar-refractivity contribution in [2.75, 3.05) is 6.61 Å². The summed E-state index contributed by atoms with van der Waals surface area (Å²) in [5.41, 5.74) is 1.37. The van der Waals surface area contributed by atoms with Crippen molar-refractivity contribution in [1.82, 2.24) is 0 Å². The van der Waals surface area contributed by atoms with Crippen LogP contribution in [0.3, 0.4) is 0 Å². The van der Waals surface area contributed by atoms with Gasteiger partial charge in [0.1, 0.15) is 0 Å². The molecule has 0 amide bonds. The van der Waals surface area contributed by atoms with E-state index in [4.69, 9.17) is 4.74 Å². The van der Waals surface area contributed by atoms with Gasteiger partial charge in [0, 0.05) is 4.83 Å². The van der Waals surface area contributed by atoms with E-state index in [0.717, 1.165) is 13.0 Å². The third-order valence-corrected chi connectivity index (χ3v) is 4.23. The fourth-order valence-electron chi connectivity index (χ4n) is 2.21. The number of hydrogen-bond acceptors (Lipinski definition) is 1. The van der Waals surface area contributed by atoms with Crippen molar-refractivity contribution < 1.29 is 4.74 Å². The number of alkyl halides is 1. The first-order valence-corrected chi connectivity index (χ1v) is 7.07. The van der Waals surface area contributed by atoms with E-state index in [0.29, 0.717) is 10.9 Å². The minimum atomic E-state index is 0.428. The average molecular weight is 283 g/mol. The Morgan fingerprint density at radius 1 is 1.12 bits per heavy atom. The highest BCUT2D eigenvalue weighted by Gasteiger charge is 2.22. The number of ether oxygens (including phenoxy) is 1. The van der Waals surface area contributed by atoms with Gasteiger partial charge in [-0.2, -0.15) is 0 Å². The molecule has 1 saturated carbocycles. The molecule has 2 rings (SSSR count). The lowest BCUT2D eigenvalue weighted by atomic mass is 9.97. The zero-order valence-electron chi connectivity index (χ0n) is 9.57. The van der Waals surface area contributed by atoms with Gasteiger partial charge in [-0.05, 0) is 24.8 Å². The molecule has 1 aromatic rings. The third-order valence-electron chi connectivity index (χ3n) is 3.19. The number of benzene rings is 1. The van der Waals surface area contributed by atoms with Crippen LogP contribution in [0.15, 0.2) is 30.3 Å². The maximum Gasteiger partial charge on any atom is 0.0700 e. The van der Waals surface area contributed by atoms with Crippen molar-refractivity contribution in [2.45, 2.75) is 43.0 Å². The van der Waals surface area contributed by atoms with Crippen LogP contribution in [0.25, 0.3) is 0 Å². The van der Waals surface area contributed by atoms with E-state index in [1.54, 1.807) is 0 Å². The van der Waals surface area contributed by atoms with Gasteiger partial charge in [0.2, 0.25) is 0 Å². The van der Waals surface area contributed by atoms with Gasteiger partial charge < -0.3 is 4.74 Å². The highest BCUT2D eigenvalue weighted by atomic mass is 79.9. The quantitative estimate of drug-likeness (QED) is 0.760. The molecular weight excluding hydrogens is 264 g/mol. The molecule has 0 aromatic heterocycles. The first kappa shape index (κ1) is 12.1. The predicted octanol–water partition coefficient (Wildman–Crippen LogP) is 3.95.